The maximum atomic E-state index is 13.8. The Morgan fingerprint density at radius 2 is 1.61 bits per heavy atom. The van der Waals surface area contributed by atoms with Gasteiger partial charge in [0.25, 0.3) is 0 Å². The molecule has 0 aromatic heterocycles. The van der Waals surface area contributed by atoms with Crippen LogP contribution in [0.25, 0.3) is 0 Å². The summed E-state index contributed by atoms with van der Waals surface area (Å²) in [6.07, 6.45) is 0. The van der Waals surface area contributed by atoms with E-state index in [0.717, 1.165) is 11.8 Å². The zero-order valence-corrected chi connectivity index (χ0v) is 10.2. The lowest BCUT2D eigenvalue weighted by molar-refractivity contribution is 0.0939. The standard InChI is InChI=1S/C14H10F2OS/c15-11-6-8-12(9-7-11)18-14(16)13(17)10-4-2-1-3-5-10/h1-9,14H. The van der Waals surface area contributed by atoms with E-state index >= 15 is 0 Å². The van der Waals surface area contributed by atoms with Crippen LogP contribution < -0.4 is 0 Å². The highest BCUT2D eigenvalue weighted by Crippen LogP contribution is 2.26. The van der Waals surface area contributed by atoms with Crippen molar-refractivity contribution in [2.45, 2.75) is 10.4 Å². The molecule has 4 heteroatoms. The molecule has 0 radical (unpaired) electrons. The van der Waals surface area contributed by atoms with Crippen molar-refractivity contribution in [3.05, 3.63) is 66.0 Å². The normalized spacial score (nSPS) is 12.1. The van der Waals surface area contributed by atoms with Crippen molar-refractivity contribution in [2.75, 3.05) is 0 Å². The quantitative estimate of drug-likeness (QED) is 0.611. The van der Waals surface area contributed by atoms with Gasteiger partial charge in [0, 0.05) is 10.5 Å². The maximum Gasteiger partial charge on any atom is 0.213 e. The Balaban J connectivity index is 2.06. The Bertz CT molecular complexity index is 525. The van der Waals surface area contributed by atoms with E-state index in [4.69, 9.17) is 0 Å². The van der Waals surface area contributed by atoms with Crippen LogP contribution in [0.4, 0.5) is 8.78 Å². The number of thioether (sulfide) groups is 1. The molecule has 1 nitrogen and oxygen atoms in total. The van der Waals surface area contributed by atoms with Gasteiger partial charge >= 0.3 is 0 Å². The third-order valence-electron chi connectivity index (χ3n) is 2.32. The van der Waals surface area contributed by atoms with Crippen LogP contribution in [0.15, 0.2) is 59.5 Å². The van der Waals surface area contributed by atoms with Gasteiger partial charge in [-0.05, 0) is 24.3 Å². The summed E-state index contributed by atoms with van der Waals surface area (Å²) < 4.78 is 26.5. The maximum absolute atomic E-state index is 13.8. The van der Waals surface area contributed by atoms with Crippen LogP contribution >= 0.6 is 11.8 Å². The van der Waals surface area contributed by atoms with Gasteiger partial charge in [-0.15, -0.1) is 0 Å². The summed E-state index contributed by atoms with van der Waals surface area (Å²) in [6.45, 7) is 0. The molecule has 0 amide bonds. The smallest absolute Gasteiger partial charge is 0.213 e. The van der Waals surface area contributed by atoms with Crippen molar-refractivity contribution in [3.63, 3.8) is 0 Å². The van der Waals surface area contributed by atoms with Gasteiger partial charge in [0.2, 0.25) is 11.3 Å². The van der Waals surface area contributed by atoms with E-state index in [2.05, 4.69) is 0 Å². The Morgan fingerprint density at radius 3 is 2.22 bits per heavy atom. The summed E-state index contributed by atoms with van der Waals surface area (Å²) in [5.41, 5.74) is -1.35. The average molecular weight is 264 g/mol. The van der Waals surface area contributed by atoms with Crippen molar-refractivity contribution in [1.29, 1.82) is 0 Å². The van der Waals surface area contributed by atoms with Crippen molar-refractivity contribution >= 4 is 17.5 Å². The third-order valence-corrected chi connectivity index (χ3v) is 3.28. The van der Waals surface area contributed by atoms with Gasteiger partial charge < -0.3 is 0 Å². The monoisotopic (exact) mass is 264 g/mol. The van der Waals surface area contributed by atoms with E-state index in [9.17, 15) is 13.6 Å². The first-order valence-corrected chi connectivity index (χ1v) is 6.20. The van der Waals surface area contributed by atoms with Gasteiger partial charge in [-0.1, -0.05) is 42.1 Å². The molecular formula is C14H10F2OS. The van der Waals surface area contributed by atoms with Gasteiger partial charge in [-0.25, -0.2) is 8.78 Å². The molecule has 0 heterocycles. The summed E-state index contributed by atoms with van der Waals surface area (Å²) >= 11 is 0.772. The molecule has 0 saturated carbocycles. The average Bonchev–Trinajstić information content (AvgIpc) is 2.41. The Hall–Kier alpha value is -1.68. The van der Waals surface area contributed by atoms with E-state index < -0.39 is 11.3 Å². The number of hydrogen-bond donors (Lipinski definition) is 0. The topological polar surface area (TPSA) is 17.1 Å². The number of alkyl halides is 1. The lowest BCUT2D eigenvalue weighted by atomic mass is 10.1. The molecule has 0 N–H and O–H groups in total. The molecular weight excluding hydrogens is 254 g/mol. The molecule has 2 aromatic rings. The van der Waals surface area contributed by atoms with E-state index in [1.54, 1.807) is 30.3 Å². The van der Waals surface area contributed by atoms with E-state index in [1.807, 2.05) is 0 Å². The fraction of sp³-hybridized carbons (Fsp3) is 0.0714. The SMILES string of the molecule is O=C(c1ccccc1)C(F)Sc1ccc(F)cc1. The van der Waals surface area contributed by atoms with Crippen LogP contribution in [0.1, 0.15) is 10.4 Å². The minimum absolute atomic E-state index is 0.333. The lowest BCUT2D eigenvalue weighted by Crippen LogP contribution is -2.11. The number of benzene rings is 2. The van der Waals surface area contributed by atoms with Gasteiger partial charge in [-0.3, -0.25) is 4.79 Å². The van der Waals surface area contributed by atoms with Crippen molar-refractivity contribution < 1.29 is 13.6 Å². The van der Waals surface area contributed by atoms with E-state index in [1.165, 1.54) is 24.3 Å². The van der Waals surface area contributed by atoms with Crippen LogP contribution in [0, 0.1) is 5.82 Å². The second-order valence-electron chi connectivity index (χ2n) is 3.62. The number of ketones is 1. The molecule has 0 spiro atoms. The first-order chi connectivity index (χ1) is 8.66. The molecule has 18 heavy (non-hydrogen) atoms. The van der Waals surface area contributed by atoms with Crippen LogP contribution in [-0.4, -0.2) is 11.3 Å². The number of rotatable bonds is 4. The minimum Gasteiger partial charge on any atom is -0.290 e. The van der Waals surface area contributed by atoms with Crippen molar-refractivity contribution in [1.82, 2.24) is 0 Å². The molecule has 0 aliphatic rings. The molecule has 1 unspecified atom stereocenters. The molecule has 0 aliphatic heterocycles. The van der Waals surface area contributed by atoms with Crippen LogP contribution in [0.5, 0.6) is 0 Å². The van der Waals surface area contributed by atoms with Crippen LogP contribution in [0.3, 0.4) is 0 Å². The Labute approximate surface area is 108 Å². The number of Topliss-reactive ketones (excluding diaryl/α,β-unsaturated/α-hetero) is 1. The number of hydrogen-bond acceptors (Lipinski definition) is 2. The number of halogens is 2. The molecule has 0 fully saturated rings. The molecule has 2 aromatic carbocycles. The molecule has 0 bridgehead atoms. The highest BCUT2D eigenvalue weighted by atomic mass is 32.2. The second kappa shape index (κ2) is 5.78. The van der Waals surface area contributed by atoms with Crippen molar-refractivity contribution in [3.8, 4) is 0 Å². The molecule has 92 valence electrons. The number of carbonyl (C=O) groups is 1. The summed E-state index contributed by atoms with van der Waals surface area (Å²) in [6, 6.07) is 13.6. The van der Waals surface area contributed by atoms with Gasteiger partial charge in [0.1, 0.15) is 5.82 Å². The largest absolute Gasteiger partial charge is 0.290 e. The zero-order chi connectivity index (χ0) is 13.0. The zero-order valence-electron chi connectivity index (χ0n) is 9.35. The third kappa shape index (κ3) is 3.17. The van der Waals surface area contributed by atoms with E-state index in [0.29, 0.717) is 10.5 Å². The summed E-state index contributed by atoms with van der Waals surface area (Å²) in [4.78, 5) is 12.3. The summed E-state index contributed by atoms with van der Waals surface area (Å²) in [5.74, 6) is -0.964. The molecule has 0 aliphatic carbocycles. The fourth-order valence-electron chi connectivity index (χ4n) is 1.42. The molecule has 1 atom stereocenters. The first-order valence-electron chi connectivity index (χ1n) is 5.32. The summed E-state index contributed by atoms with van der Waals surface area (Å²) in [5, 5.41) is 0. The van der Waals surface area contributed by atoms with E-state index in [-0.39, 0.29) is 5.82 Å². The molecule has 0 saturated heterocycles. The fourth-order valence-corrected chi connectivity index (χ4v) is 2.19. The van der Waals surface area contributed by atoms with Gasteiger partial charge in [0.05, 0.1) is 0 Å². The highest BCUT2D eigenvalue weighted by Gasteiger charge is 2.20. The number of carbonyl (C=O) groups excluding carboxylic acids is 1. The summed E-state index contributed by atoms with van der Waals surface area (Å²) in [7, 11) is 0. The Morgan fingerprint density at radius 1 is 1.00 bits per heavy atom. The highest BCUT2D eigenvalue weighted by molar-refractivity contribution is 8.00. The second-order valence-corrected chi connectivity index (χ2v) is 4.74. The van der Waals surface area contributed by atoms with Crippen LogP contribution in [0.2, 0.25) is 0 Å². The van der Waals surface area contributed by atoms with Crippen molar-refractivity contribution in [2.24, 2.45) is 0 Å². The van der Waals surface area contributed by atoms with Gasteiger partial charge in [-0.2, -0.15) is 0 Å². The minimum atomic E-state index is -1.68. The Kier molecular flexibility index (Phi) is 4.10. The van der Waals surface area contributed by atoms with Crippen LogP contribution in [-0.2, 0) is 0 Å². The first kappa shape index (κ1) is 12.8. The lowest BCUT2D eigenvalue weighted by Gasteiger charge is -2.07. The molecule has 2 rings (SSSR count). The van der Waals surface area contributed by atoms with Gasteiger partial charge in [0.15, 0.2) is 0 Å². The predicted molar refractivity (Wildman–Crippen MR) is 67.9 cm³/mol. The predicted octanol–water partition coefficient (Wildman–Crippen LogP) is 4.10.